The molecule has 3 nitrogen and oxygen atoms in total. The zero-order valence-electron chi connectivity index (χ0n) is 9.41. The molecule has 1 aromatic rings. The highest BCUT2D eigenvalue weighted by atomic mass is 32.1. The molecule has 3 N–H and O–H groups in total. The van der Waals surface area contributed by atoms with Crippen molar-refractivity contribution in [1.29, 1.82) is 0 Å². The molecule has 0 spiro atoms. The normalized spacial score (nSPS) is 19.9. The van der Waals surface area contributed by atoms with E-state index in [1.54, 1.807) is 6.07 Å². The van der Waals surface area contributed by atoms with E-state index in [2.05, 4.69) is 5.32 Å². The lowest BCUT2D eigenvalue weighted by molar-refractivity contribution is 0.0876. The first-order valence-corrected chi connectivity index (χ1v) is 6.01. The molecular formula is C12H15FN2OS. The number of nitrogens with two attached hydrogens (primary N) is 1. The van der Waals surface area contributed by atoms with E-state index in [9.17, 15) is 4.39 Å². The van der Waals surface area contributed by atoms with E-state index in [0.29, 0.717) is 12.2 Å². The first kappa shape index (κ1) is 12.3. The number of hydrogen-bond acceptors (Lipinski definition) is 3. The lowest BCUT2D eigenvalue weighted by Gasteiger charge is -2.25. The van der Waals surface area contributed by atoms with Crippen LogP contribution < -0.4 is 11.1 Å². The molecule has 1 saturated heterocycles. The average molecular weight is 254 g/mol. The van der Waals surface area contributed by atoms with Crippen molar-refractivity contribution in [3.8, 4) is 0 Å². The van der Waals surface area contributed by atoms with Gasteiger partial charge in [-0.25, -0.2) is 4.39 Å². The molecule has 0 radical (unpaired) electrons. The monoisotopic (exact) mass is 254 g/mol. The zero-order valence-corrected chi connectivity index (χ0v) is 10.2. The van der Waals surface area contributed by atoms with Crippen LogP contribution in [0.3, 0.4) is 0 Å². The molecule has 1 aliphatic rings. The first-order chi connectivity index (χ1) is 8.16. The Hall–Kier alpha value is -1.20. The molecule has 92 valence electrons. The number of rotatable bonds is 3. The second-order valence-electron chi connectivity index (χ2n) is 4.11. The molecule has 2 rings (SSSR count). The fourth-order valence-corrected chi connectivity index (χ4v) is 2.09. The van der Waals surface area contributed by atoms with E-state index in [1.807, 2.05) is 0 Å². The smallest absolute Gasteiger partial charge is 0.124 e. The van der Waals surface area contributed by atoms with Crippen LogP contribution in [-0.2, 0) is 4.74 Å². The first-order valence-electron chi connectivity index (χ1n) is 5.60. The fourth-order valence-electron chi connectivity index (χ4n) is 1.92. The van der Waals surface area contributed by atoms with Crippen LogP contribution in [0.1, 0.15) is 18.4 Å². The summed E-state index contributed by atoms with van der Waals surface area (Å²) in [5.74, 6) is -0.335. The Kier molecular flexibility index (Phi) is 3.91. The SMILES string of the molecule is NC(=S)c1cc(F)ccc1NC1CCCOC1. The van der Waals surface area contributed by atoms with Gasteiger partial charge in [0.25, 0.3) is 0 Å². The third kappa shape index (κ3) is 3.14. The quantitative estimate of drug-likeness (QED) is 0.810. The van der Waals surface area contributed by atoms with Gasteiger partial charge in [0.05, 0.1) is 6.61 Å². The van der Waals surface area contributed by atoms with Crippen LogP contribution in [0.2, 0.25) is 0 Å². The van der Waals surface area contributed by atoms with Crippen molar-refractivity contribution in [2.24, 2.45) is 5.73 Å². The maximum absolute atomic E-state index is 13.1. The minimum atomic E-state index is -0.335. The highest BCUT2D eigenvalue weighted by Crippen LogP contribution is 2.20. The number of hydrogen-bond donors (Lipinski definition) is 2. The third-order valence-corrected chi connectivity index (χ3v) is 2.99. The molecule has 0 aromatic heterocycles. The summed E-state index contributed by atoms with van der Waals surface area (Å²) < 4.78 is 18.5. The van der Waals surface area contributed by atoms with Gasteiger partial charge in [-0.2, -0.15) is 0 Å². The molecule has 17 heavy (non-hydrogen) atoms. The Morgan fingerprint density at radius 2 is 2.35 bits per heavy atom. The lowest BCUT2D eigenvalue weighted by Crippen LogP contribution is -2.31. The maximum Gasteiger partial charge on any atom is 0.124 e. The number of halogens is 1. The summed E-state index contributed by atoms with van der Waals surface area (Å²) in [6.07, 6.45) is 2.06. The maximum atomic E-state index is 13.1. The van der Waals surface area contributed by atoms with Crippen LogP contribution in [-0.4, -0.2) is 24.2 Å². The predicted octanol–water partition coefficient (Wildman–Crippen LogP) is 2.05. The van der Waals surface area contributed by atoms with Gasteiger partial charge in [0.2, 0.25) is 0 Å². The molecule has 1 aliphatic heterocycles. The summed E-state index contributed by atoms with van der Waals surface area (Å²) in [4.78, 5) is 0.198. The highest BCUT2D eigenvalue weighted by molar-refractivity contribution is 7.80. The largest absolute Gasteiger partial charge is 0.389 e. The van der Waals surface area contributed by atoms with Crippen LogP contribution in [0.5, 0.6) is 0 Å². The molecule has 0 aliphatic carbocycles. The van der Waals surface area contributed by atoms with Crippen molar-refractivity contribution < 1.29 is 9.13 Å². The summed E-state index contributed by atoms with van der Waals surface area (Å²) in [5, 5.41) is 3.30. The average Bonchev–Trinajstić information content (AvgIpc) is 2.32. The van der Waals surface area contributed by atoms with Crippen molar-refractivity contribution >= 4 is 22.9 Å². The van der Waals surface area contributed by atoms with Crippen molar-refractivity contribution in [3.05, 3.63) is 29.6 Å². The molecular weight excluding hydrogens is 239 g/mol. The summed E-state index contributed by atoms with van der Waals surface area (Å²) in [5.41, 5.74) is 6.90. The van der Waals surface area contributed by atoms with Gasteiger partial charge in [0, 0.05) is 23.9 Å². The van der Waals surface area contributed by atoms with Crippen LogP contribution in [0.4, 0.5) is 10.1 Å². The van der Waals surface area contributed by atoms with E-state index in [4.69, 9.17) is 22.7 Å². The summed E-state index contributed by atoms with van der Waals surface area (Å²) in [7, 11) is 0. The molecule has 0 amide bonds. The Labute approximate surface area is 105 Å². The Bertz CT molecular complexity index is 419. The van der Waals surface area contributed by atoms with Gasteiger partial charge < -0.3 is 15.8 Å². The second kappa shape index (κ2) is 5.42. The minimum absolute atomic E-state index is 0.198. The van der Waals surface area contributed by atoms with Crippen LogP contribution in [0, 0.1) is 5.82 Å². The number of ether oxygens (including phenoxy) is 1. The number of nitrogens with one attached hydrogen (secondary N) is 1. The predicted molar refractivity (Wildman–Crippen MR) is 69.8 cm³/mol. The molecule has 0 saturated carbocycles. The van der Waals surface area contributed by atoms with E-state index in [0.717, 1.165) is 25.1 Å². The molecule has 0 bridgehead atoms. The van der Waals surface area contributed by atoms with E-state index in [1.165, 1.54) is 12.1 Å². The Morgan fingerprint density at radius 3 is 3.00 bits per heavy atom. The molecule has 1 unspecified atom stereocenters. The van der Waals surface area contributed by atoms with Gasteiger partial charge in [0.1, 0.15) is 10.8 Å². The molecule has 5 heteroatoms. The molecule has 1 atom stereocenters. The minimum Gasteiger partial charge on any atom is -0.389 e. The van der Waals surface area contributed by atoms with Gasteiger partial charge in [-0.1, -0.05) is 12.2 Å². The van der Waals surface area contributed by atoms with Crippen molar-refractivity contribution in [3.63, 3.8) is 0 Å². The molecule has 1 fully saturated rings. The fraction of sp³-hybridized carbons (Fsp3) is 0.417. The lowest BCUT2D eigenvalue weighted by atomic mass is 10.1. The van der Waals surface area contributed by atoms with Gasteiger partial charge in [-0.3, -0.25) is 0 Å². The van der Waals surface area contributed by atoms with Crippen LogP contribution in [0.25, 0.3) is 0 Å². The van der Waals surface area contributed by atoms with E-state index < -0.39 is 0 Å². The van der Waals surface area contributed by atoms with Crippen LogP contribution >= 0.6 is 12.2 Å². The number of benzene rings is 1. The van der Waals surface area contributed by atoms with Crippen molar-refractivity contribution in [2.75, 3.05) is 18.5 Å². The number of thiocarbonyl (C=S) groups is 1. The van der Waals surface area contributed by atoms with E-state index in [-0.39, 0.29) is 16.8 Å². The van der Waals surface area contributed by atoms with Gasteiger partial charge in [-0.15, -0.1) is 0 Å². The summed E-state index contributed by atoms with van der Waals surface area (Å²) in [6.45, 7) is 1.47. The van der Waals surface area contributed by atoms with Gasteiger partial charge in [-0.05, 0) is 31.0 Å². The summed E-state index contributed by atoms with van der Waals surface area (Å²) in [6, 6.07) is 4.66. The highest BCUT2D eigenvalue weighted by Gasteiger charge is 2.15. The summed E-state index contributed by atoms with van der Waals surface area (Å²) >= 11 is 4.92. The second-order valence-corrected chi connectivity index (χ2v) is 4.55. The van der Waals surface area contributed by atoms with Crippen molar-refractivity contribution in [2.45, 2.75) is 18.9 Å². The molecule has 1 heterocycles. The van der Waals surface area contributed by atoms with Crippen LogP contribution in [0.15, 0.2) is 18.2 Å². The standard InChI is InChI=1S/C12H15FN2OS/c13-8-3-4-11(10(6-8)12(14)17)15-9-2-1-5-16-7-9/h3-4,6,9,15H,1-2,5,7H2,(H2,14,17). The number of anilines is 1. The van der Waals surface area contributed by atoms with Gasteiger partial charge >= 0.3 is 0 Å². The van der Waals surface area contributed by atoms with Crippen molar-refractivity contribution in [1.82, 2.24) is 0 Å². The molecule has 1 aromatic carbocycles. The topological polar surface area (TPSA) is 47.3 Å². The Morgan fingerprint density at radius 1 is 1.53 bits per heavy atom. The van der Waals surface area contributed by atoms with Gasteiger partial charge in [0.15, 0.2) is 0 Å². The van der Waals surface area contributed by atoms with E-state index >= 15 is 0 Å². The zero-order chi connectivity index (χ0) is 12.3. The third-order valence-electron chi connectivity index (χ3n) is 2.77. The Balaban J connectivity index is 2.16.